The molecule has 0 saturated carbocycles. The Kier molecular flexibility index (Phi) is 6.67. The summed E-state index contributed by atoms with van der Waals surface area (Å²) in [4.78, 5) is 40.6. The van der Waals surface area contributed by atoms with E-state index < -0.39 is 40.9 Å². The van der Waals surface area contributed by atoms with Crippen molar-refractivity contribution in [2.24, 2.45) is 5.41 Å². The van der Waals surface area contributed by atoms with Gasteiger partial charge >= 0.3 is 18.2 Å². The van der Waals surface area contributed by atoms with Crippen molar-refractivity contribution in [3.63, 3.8) is 0 Å². The quantitative estimate of drug-likeness (QED) is 0.400. The summed E-state index contributed by atoms with van der Waals surface area (Å²) in [5.41, 5.74) is -2.50. The number of amides is 2. The first-order chi connectivity index (χ1) is 13.0. The second kappa shape index (κ2) is 8.45. The highest BCUT2D eigenvalue weighted by atomic mass is 35.5. The third-order valence-electron chi connectivity index (χ3n) is 4.17. The lowest BCUT2D eigenvalue weighted by atomic mass is 9.88. The van der Waals surface area contributed by atoms with Crippen LogP contribution in [0.3, 0.4) is 0 Å². The number of halogens is 2. The lowest BCUT2D eigenvalue weighted by molar-refractivity contribution is -0.151. The van der Waals surface area contributed by atoms with Crippen LogP contribution in [0.4, 0.5) is 21.0 Å². The van der Waals surface area contributed by atoms with E-state index in [4.69, 9.17) is 37.4 Å². The predicted octanol–water partition coefficient (Wildman–Crippen LogP) is 4.28. The zero-order valence-corrected chi connectivity index (χ0v) is 17.7. The van der Waals surface area contributed by atoms with E-state index in [-0.39, 0.29) is 0 Å². The monoisotopic (exact) mass is 432 g/mol. The Bertz CT molecular complexity index is 719. The zero-order chi connectivity index (χ0) is 21.2. The Labute approximate surface area is 173 Å². The largest absolute Gasteiger partial charge is 0.468 e. The minimum atomic E-state index is -1.35. The Hall–Kier alpha value is -2.19. The lowest BCUT2D eigenvalue weighted by Gasteiger charge is -2.38. The van der Waals surface area contributed by atoms with Gasteiger partial charge in [-0.15, -0.1) is 0 Å². The van der Waals surface area contributed by atoms with E-state index in [1.807, 2.05) is 0 Å². The Balaban J connectivity index is 2.65. The lowest BCUT2D eigenvalue weighted by Crippen LogP contribution is -2.59. The number of benzene rings is 1. The first-order valence-electron chi connectivity index (χ1n) is 8.47. The molecule has 0 fully saturated rings. The van der Waals surface area contributed by atoms with Crippen LogP contribution in [0.2, 0.25) is 0 Å². The summed E-state index contributed by atoms with van der Waals surface area (Å²) in [6.45, 7) is 6.04. The molecule has 1 aromatic rings. The van der Waals surface area contributed by atoms with Gasteiger partial charge in [-0.05, 0) is 39.8 Å². The molecule has 1 aliphatic rings. The van der Waals surface area contributed by atoms with Gasteiger partial charge in [0.15, 0.2) is 11.1 Å². The van der Waals surface area contributed by atoms with Gasteiger partial charge in [0, 0.05) is 0 Å². The van der Waals surface area contributed by atoms with Crippen molar-refractivity contribution >= 4 is 52.7 Å². The molecule has 0 radical (unpaired) electrons. The van der Waals surface area contributed by atoms with E-state index in [0.29, 0.717) is 11.4 Å². The summed E-state index contributed by atoms with van der Waals surface area (Å²) in [5, 5.41) is 0. The van der Waals surface area contributed by atoms with Crippen molar-refractivity contribution in [2.75, 3.05) is 16.9 Å². The standard InChI is InChI=1S/C18H22Cl2N2O6/c1-10(19)27-16(24)21-12-8-6-7-9-13(12)22(17(25)28-11(2)20)14(21)18(3,4)15(23)26-5/h6-11,14H,1-5H3. The fraction of sp³-hybridized carbons (Fsp3) is 0.500. The summed E-state index contributed by atoms with van der Waals surface area (Å²) in [5.74, 6) is -0.640. The molecule has 2 rings (SSSR count). The molecule has 1 heterocycles. The fourth-order valence-corrected chi connectivity index (χ4v) is 3.20. The molecule has 0 N–H and O–H groups in total. The van der Waals surface area contributed by atoms with Crippen molar-refractivity contribution < 1.29 is 28.6 Å². The number of hydrogen-bond donors (Lipinski definition) is 0. The molecular weight excluding hydrogens is 411 g/mol. The molecule has 8 nitrogen and oxygen atoms in total. The molecule has 28 heavy (non-hydrogen) atoms. The summed E-state index contributed by atoms with van der Waals surface area (Å²) in [6, 6.07) is 6.61. The number of methoxy groups -OCH3 is 1. The molecule has 10 heteroatoms. The van der Waals surface area contributed by atoms with E-state index in [2.05, 4.69) is 0 Å². The number of carbonyl (C=O) groups is 3. The first kappa shape index (κ1) is 22.1. The molecule has 2 amide bonds. The second-order valence-electron chi connectivity index (χ2n) is 6.67. The number of anilines is 2. The SMILES string of the molecule is COC(=O)C(C)(C)C1N(C(=O)OC(C)Cl)c2ccccc2N1C(=O)OC(C)Cl. The molecule has 2 unspecified atom stereocenters. The minimum absolute atomic E-state index is 0.353. The van der Waals surface area contributed by atoms with Crippen LogP contribution < -0.4 is 9.80 Å². The summed E-state index contributed by atoms with van der Waals surface area (Å²) < 4.78 is 15.2. The highest BCUT2D eigenvalue weighted by Gasteiger charge is 2.55. The third-order valence-corrected chi connectivity index (χ3v) is 4.34. The van der Waals surface area contributed by atoms with Gasteiger partial charge in [-0.2, -0.15) is 0 Å². The van der Waals surface area contributed by atoms with Gasteiger partial charge in [0.25, 0.3) is 0 Å². The van der Waals surface area contributed by atoms with Gasteiger partial charge in [0.1, 0.15) is 11.6 Å². The molecular formula is C18H22Cl2N2O6. The average Bonchev–Trinajstić information content (AvgIpc) is 2.95. The predicted molar refractivity (Wildman–Crippen MR) is 105 cm³/mol. The van der Waals surface area contributed by atoms with Crippen molar-refractivity contribution in [1.29, 1.82) is 0 Å². The van der Waals surface area contributed by atoms with Crippen LogP contribution in [0.25, 0.3) is 0 Å². The average molecular weight is 433 g/mol. The van der Waals surface area contributed by atoms with Gasteiger partial charge < -0.3 is 14.2 Å². The molecule has 1 aromatic carbocycles. The van der Waals surface area contributed by atoms with Crippen LogP contribution in [0, 0.1) is 5.41 Å². The molecule has 0 aliphatic carbocycles. The molecule has 1 aliphatic heterocycles. The van der Waals surface area contributed by atoms with E-state index >= 15 is 0 Å². The smallest absolute Gasteiger partial charge is 0.417 e. The van der Waals surface area contributed by atoms with Gasteiger partial charge in [0.05, 0.1) is 18.5 Å². The number of esters is 1. The van der Waals surface area contributed by atoms with Crippen molar-refractivity contribution in [1.82, 2.24) is 0 Å². The molecule has 0 spiro atoms. The van der Waals surface area contributed by atoms with Gasteiger partial charge in [-0.25, -0.2) is 9.59 Å². The Morgan fingerprint density at radius 3 is 1.68 bits per heavy atom. The highest BCUT2D eigenvalue weighted by molar-refractivity contribution is 6.21. The summed E-state index contributed by atoms with van der Waals surface area (Å²) in [7, 11) is 1.22. The molecule has 154 valence electrons. The first-order valence-corrected chi connectivity index (χ1v) is 9.35. The Morgan fingerprint density at radius 1 is 0.964 bits per heavy atom. The van der Waals surface area contributed by atoms with Crippen molar-refractivity contribution in [3.05, 3.63) is 24.3 Å². The maximum absolute atomic E-state index is 12.8. The number of ether oxygens (including phenoxy) is 3. The van der Waals surface area contributed by atoms with Crippen LogP contribution >= 0.6 is 23.2 Å². The molecule has 0 aromatic heterocycles. The zero-order valence-electron chi connectivity index (χ0n) is 16.1. The van der Waals surface area contributed by atoms with Gasteiger partial charge in [-0.1, -0.05) is 35.3 Å². The van der Waals surface area contributed by atoms with Crippen LogP contribution in [0.1, 0.15) is 27.7 Å². The minimum Gasteiger partial charge on any atom is -0.468 e. The number of nitrogens with zero attached hydrogens (tertiary/aromatic N) is 2. The van der Waals surface area contributed by atoms with Crippen LogP contribution in [0.5, 0.6) is 0 Å². The third kappa shape index (κ3) is 4.12. The number of rotatable bonds is 4. The van der Waals surface area contributed by atoms with Crippen LogP contribution in [-0.4, -0.2) is 42.6 Å². The normalized spacial score (nSPS) is 18.2. The van der Waals surface area contributed by atoms with E-state index in [9.17, 15) is 14.4 Å². The number of fused-ring (bicyclic) bond motifs is 1. The summed E-state index contributed by atoms with van der Waals surface area (Å²) >= 11 is 11.6. The maximum atomic E-state index is 12.8. The van der Waals surface area contributed by atoms with Gasteiger partial charge in [-0.3, -0.25) is 14.6 Å². The van der Waals surface area contributed by atoms with Gasteiger partial charge in [0.2, 0.25) is 0 Å². The van der Waals surface area contributed by atoms with E-state index in [1.54, 1.807) is 38.1 Å². The van der Waals surface area contributed by atoms with E-state index in [1.165, 1.54) is 30.8 Å². The van der Waals surface area contributed by atoms with Crippen LogP contribution in [-0.2, 0) is 19.0 Å². The Morgan fingerprint density at radius 2 is 1.36 bits per heavy atom. The highest BCUT2D eigenvalue weighted by Crippen LogP contribution is 2.46. The summed E-state index contributed by atoms with van der Waals surface area (Å²) in [6.07, 6.45) is -2.79. The topological polar surface area (TPSA) is 85.4 Å². The molecule has 2 atom stereocenters. The van der Waals surface area contributed by atoms with Crippen molar-refractivity contribution in [2.45, 2.75) is 45.0 Å². The number of alkyl halides is 2. The fourth-order valence-electron chi connectivity index (χ4n) is 3.05. The molecule has 0 bridgehead atoms. The number of hydrogen-bond acceptors (Lipinski definition) is 6. The van der Waals surface area contributed by atoms with Crippen LogP contribution in [0.15, 0.2) is 24.3 Å². The molecule has 0 saturated heterocycles. The van der Waals surface area contributed by atoms with E-state index in [0.717, 1.165) is 0 Å². The van der Waals surface area contributed by atoms with Crippen molar-refractivity contribution in [3.8, 4) is 0 Å². The maximum Gasteiger partial charge on any atom is 0.417 e. The number of para-hydroxylation sites is 2. The second-order valence-corrected chi connectivity index (χ2v) is 7.90. The number of carbonyl (C=O) groups excluding carboxylic acids is 3.